The fourth-order valence-electron chi connectivity index (χ4n) is 1.38. The molecule has 4 heteroatoms. The molecule has 1 unspecified atom stereocenters. The van der Waals surface area contributed by atoms with Crippen LogP contribution in [0.15, 0.2) is 24.3 Å². The summed E-state index contributed by atoms with van der Waals surface area (Å²) in [5.74, 6) is -0.0217. The zero-order chi connectivity index (χ0) is 12.0. The topological polar surface area (TPSA) is 29.1 Å². The number of carbonyl (C=O) groups is 1. The Morgan fingerprint density at radius 1 is 1.50 bits per heavy atom. The largest absolute Gasteiger partial charge is 0.353 e. The average Bonchev–Trinajstić information content (AvgIpc) is 2.21. The van der Waals surface area contributed by atoms with Gasteiger partial charge < -0.3 is 5.32 Å². The lowest BCUT2D eigenvalue weighted by atomic mass is 10.1. The number of rotatable bonds is 5. The first-order valence-corrected chi connectivity index (χ1v) is 5.75. The minimum atomic E-state index is -0.345. The molecule has 0 spiro atoms. The summed E-state index contributed by atoms with van der Waals surface area (Å²) in [5, 5.41) is 2.77. The zero-order valence-corrected chi connectivity index (χ0v) is 9.93. The summed E-state index contributed by atoms with van der Waals surface area (Å²) in [6.45, 7) is 1.88. The van der Waals surface area contributed by atoms with Gasteiger partial charge in [-0.1, -0.05) is 18.2 Å². The lowest BCUT2D eigenvalue weighted by molar-refractivity contribution is -0.121. The summed E-state index contributed by atoms with van der Waals surface area (Å²) in [5.41, 5.74) is 0.415. The van der Waals surface area contributed by atoms with Crippen LogP contribution >= 0.6 is 11.6 Å². The third-order valence-corrected chi connectivity index (χ3v) is 2.48. The van der Waals surface area contributed by atoms with Crippen LogP contribution in [-0.4, -0.2) is 17.8 Å². The number of hydrogen-bond acceptors (Lipinski definition) is 1. The van der Waals surface area contributed by atoms with E-state index < -0.39 is 0 Å². The normalized spacial score (nSPS) is 12.2. The average molecular weight is 244 g/mol. The van der Waals surface area contributed by atoms with Crippen molar-refractivity contribution in [3.8, 4) is 0 Å². The predicted octanol–water partition coefficient (Wildman–Crippen LogP) is 2.50. The van der Waals surface area contributed by atoms with Gasteiger partial charge >= 0.3 is 0 Å². The zero-order valence-electron chi connectivity index (χ0n) is 9.17. The van der Waals surface area contributed by atoms with Gasteiger partial charge in [0.2, 0.25) is 5.91 Å². The molecule has 0 aliphatic rings. The summed E-state index contributed by atoms with van der Waals surface area (Å²) in [4.78, 5) is 11.5. The number of carbonyl (C=O) groups excluding carboxylic acids is 1. The van der Waals surface area contributed by atoms with Gasteiger partial charge in [0.25, 0.3) is 0 Å². The fraction of sp³-hybridized carbons (Fsp3) is 0.417. The molecule has 1 aromatic carbocycles. The Labute approximate surface area is 99.8 Å². The molecule has 1 atom stereocenters. The summed E-state index contributed by atoms with van der Waals surface area (Å²) < 4.78 is 13.2. The van der Waals surface area contributed by atoms with Crippen LogP contribution in [0.3, 0.4) is 0 Å². The van der Waals surface area contributed by atoms with Crippen molar-refractivity contribution in [1.82, 2.24) is 5.32 Å². The van der Waals surface area contributed by atoms with Gasteiger partial charge in [-0.2, -0.15) is 0 Å². The van der Waals surface area contributed by atoms with Crippen molar-refractivity contribution < 1.29 is 9.18 Å². The number of alkyl halides is 1. The molecule has 1 aromatic rings. The SMILES string of the molecule is CC(CCCl)NC(=O)Cc1ccccc1F. The summed E-state index contributed by atoms with van der Waals surface area (Å²) in [6, 6.07) is 6.31. The molecule has 0 heterocycles. The van der Waals surface area contributed by atoms with E-state index in [1.165, 1.54) is 6.07 Å². The molecule has 0 saturated heterocycles. The molecule has 16 heavy (non-hydrogen) atoms. The standard InChI is InChI=1S/C12H15ClFNO/c1-9(6-7-13)15-12(16)8-10-4-2-3-5-11(10)14/h2-5,9H,6-8H2,1H3,(H,15,16). The number of benzene rings is 1. The molecule has 2 nitrogen and oxygen atoms in total. The van der Waals surface area contributed by atoms with Gasteiger partial charge in [-0.05, 0) is 25.0 Å². The Morgan fingerprint density at radius 3 is 2.81 bits per heavy atom. The number of nitrogens with one attached hydrogen (secondary N) is 1. The van der Waals surface area contributed by atoms with Gasteiger partial charge in [-0.3, -0.25) is 4.79 Å². The highest BCUT2D eigenvalue weighted by Gasteiger charge is 2.09. The predicted molar refractivity (Wildman–Crippen MR) is 63.0 cm³/mol. The van der Waals surface area contributed by atoms with E-state index in [9.17, 15) is 9.18 Å². The van der Waals surface area contributed by atoms with Crippen LogP contribution in [0.2, 0.25) is 0 Å². The van der Waals surface area contributed by atoms with E-state index in [0.29, 0.717) is 17.9 Å². The van der Waals surface area contributed by atoms with Gasteiger partial charge in [-0.15, -0.1) is 11.6 Å². The lowest BCUT2D eigenvalue weighted by Crippen LogP contribution is -2.34. The molecule has 0 radical (unpaired) electrons. The summed E-state index contributed by atoms with van der Waals surface area (Å²) >= 11 is 5.55. The van der Waals surface area contributed by atoms with Crippen LogP contribution < -0.4 is 5.32 Å². The number of halogens is 2. The highest BCUT2D eigenvalue weighted by molar-refractivity contribution is 6.17. The third-order valence-electron chi connectivity index (χ3n) is 2.26. The second-order valence-electron chi connectivity index (χ2n) is 3.71. The van der Waals surface area contributed by atoms with Crippen molar-refractivity contribution in [2.75, 3.05) is 5.88 Å². The van der Waals surface area contributed by atoms with Crippen LogP contribution in [0.4, 0.5) is 4.39 Å². The molecule has 88 valence electrons. The first kappa shape index (κ1) is 13.0. The quantitative estimate of drug-likeness (QED) is 0.791. The number of amides is 1. The maximum Gasteiger partial charge on any atom is 0.224 e. The molecule has 0 saturated carbocycles. The molecule has 1 amide bonds. The minimum absolute atomic E-state index is 0.0248. The molecule has 1 rings (SSSR count). The van der Waals surface area contributed by atoms with Crippen molar-refractivity contribution in [2.24, 2.45) is 0 Å². The minimum Gasteiger partial charge on any atom is -0.353 e. The van der Waals surface area contributed by atoms with E-state index in [1.807, 2.05) is 6.92 Å². The maximum absolute atomic E-state index is 13.2. The Balaban J connectivity index is 2.49. The highest BCUT2D eigenvalue weighted by atomic mass is 35.5. The number of hydrogen-bond donors (Lipinski definition) is 1. The Kier molecular flexibility index (Phi) is 5.26. The fourth-order valence-corrected chi connectivity index (χ4v) is 1.70. The van der Waals surface area contributed by atoms with Gasteiger partial charge in [0, 0.05) is 11.9 Å². The lowest BCUT2D eigenvalue weighted by Gasteiger charge is -2.12. The first-order chi connectivity index (χ1) is 7.63. The van der Waals surface area contributed by atoms with Crippen LogP contribution in [0.1, 0.15) is 18.9 Å². The molecular formula is C12H15ClFNO. The van der Waals surface area contributed by atoms with E-state index in [0.717, 1.165) is 0 Å². The molecule has 0 bridgehead atoms. The van der Waals surface area contributed by atoms with Crippen molar-refractivity contribution >= 4 is 17.5 Å². The van der Waals surface area contributed by atoms with Gasteiger partial charge in [-0.25, -0.2) is 4.39 Å². The second kappa shape index (κ2) is 6.48. The molecule has 0 aromatic heterocycles. The third kappa shape index (κ3) is 4.19. The Bertz CT molecular complexity index is 357. The van der Waals surface area contributed by atoms with Crippen molar-refractivity contribution in [3.63, 3.8) is 0 Å². The van der Waals surface area contributed by atoms with E-state index in [2.05, 4.69) is 5.32 Å². The van der Waals surface area contributed by atoms with E-state index >= 15 is 0 Å². The van der Waals surface area contributed by atoms with Crippen molar-refractivity contribution in [2.45, 2.75) is 25.8 Å². The molecule has 0 aliphatic carbocycles. The van der Waals surface area contributed by atoms with Crippen LogP contribution in [0.25, 0.3) is 0 Å². The van der Waals surface area contributed by atoms with Gasteiger partial charge in [0.1, 0.15) is 5.82 Å². The second-order valence-corrected chi connectivity index (χ2v) is 4.09. The Morgan fingerprint density at radius 2 is 2.19 bits per heavy atom. The van der Waals surface area contributed by atoms with E-state index in [4.69, 9.17) is 11.6 Å². The van der Waals surface area contributed by atoms with Gasteiger partial charge in [0.15, 0.2) is 0 Å². The smallest absolute Gasteiger partial charge is 0.224 e. The first-order valence-electron chi connectivity index (χ1n) is 5.22. The maximum atomic E-state index is 13.2. The molecule has 0 fully saturated rings. The van der Waals surface area contributed by atoms with Crippen molar-refractivity contribution in [3.05, 3.63) is 35.6 Å². The monoisotopic (exact) mass is 243 g/mol. The van der Waals surface area contributed by atoms with Crippen LogP contribution in [0.5, 0.6) is 0 Å². The van der Waals surface area contributed by atoms with E-state index in [-0.39, 0.29) is 24.2 Å². The molecular weight excluding hydrogens is 229 g/mol. The van der Waals surface area contributed by atoms with E-state index in [1.54, 1.807) is 18.2 Å². The molecule has 0 aliphatic heterocycles. The summed E-state index contributed by atoms with van der Waals surface area (Å²) in [6.07, 6.45) is 0.782. The van der Waals surface area contributed by atoms with Crippen LogP contribution in [0, 0.1) is 5.82 Å². The van der Waals surface area contributed by atoms with Crippen LogP contribution in [-0.2, 0) is 11.2 Å². The van der Waals surface area contributed by atoms with Gasteiger partial charge in [0.05, 0.1) is 6.42 Å². The Hall–Kier alpha value is -1.09. The molecule has 1 N–H and O–H groups in total. The highest BCUT2D eigenvalue weighted by Crippen LogP contribution is 2.07. The van der Waals surface area contributed by atoms with Crippen molar-refractivity contribution in [1.29, 1.82) is 0 Å². The summed E-state index contributed by atoms with van der Waals surface area (Å²) in [7, 11) is 0.